The normalized spacial score (nSPS) is 13.5. The summed E-state index contributed by atoms with van der Waals surface area (Å²) in [5, 5.41) is 0. The lowest BCUT2D eigenvalue weighted by atomic mass is 10.0. The summed E-state index contributed by atoms with van der Waals surface area (Å²) >= 11 is 33.9. The van der Waals surface area contributed by atoms with E-state index in [4.69, 9.17) is 79.1 Å². The van der Waals surface area contributed by atoms with E-state index in [0.717, 1.165) is 19.3 Å². The number of ether oxygens (including phenoxy) is 2. The highest BCUT2D eigenvalue weighted by Crippen LogP contribution is 2.28. The van der Waals surface area contributed by atoms with E-state index in [9.17, 15) is 4.79 Å². The zero-order valence-electron chi connectivity index (χ0n) is 17.2. The zero-order chi connectivity index (χ0) is 22.2. The topological polar surface area (TPSA) is 35.5 Å². The number of carbonyl (C=O) groups excluding carboxylic acids is 1. The van der Waals surface area contributed by atoms with E-state index in [-0.39, 0.29) is 13.2 Å². The molecule has 1 atom stereocenters. The summed E-state index contributed by atoms with van der Waals surface area (Å²) in [4.78, 5) is 12.2. The minimum absolute atomic E-state index is 0.219. The quantitative estimate of drug-likeness (QED) is 0.106. The molecule has 0 saturated carbocycles. The standard InChI is InChI=1S/C20H34Cl6O3/c1-2-3-4-5-6-7-8-9-10-11-12-13-14-17(28-15-19(21,22)23)18(27)29-16-20(24,25)26/h17H,2-16H2,1H3. The summed E-state index contributed by atoms with van der Waals surface area (Å²) in [7, 11) is 0. The highest BCUT2D eigenvalue weighted by molar-refractivity contribution is 6.68. The number of unbranched alkanes of at least 4 members (excludes halogenated alkanes) is 11. The first-order chi connectivity index (χ1) is 13.5. The Balaban J connectivity index is 3.97. The van der Waals surface area contributed by atoms with Crippen molar-refractivity contribution in [3.8, 4) is 0 Å². The molecule has 0 aromatic rings. The smallest absolute Gasteiger partial charge is 0.335 e. The largest absolute Gasteiger partial charge is 0.459 e. The molecule has 0 aromatic carbocycles. The van der Waals surface area contributed by atoms with Crippen molar-refractivity contribution in [2.24, 2.45) is 0 Å². The Labute approximate surface area is 206 Å². The first kappa shape index (κ1) is 30.2. The Kier molecular flexibility index (Phi) is 18.4. The lowest BCUT2D eigenvalue weighted by Crippen LogP contribution is -2.32. The lowest BCUT2D eigenvalue weighted by Gasteiger charge is -2.20. The van der Waals surface area contributed by atoms with E-state index in [1.807, 2.05) is 0 Å². The van der Waals surface area contributed by atoms with Crippen LogP contribution >= 0.6 is 69.6 Å². The highest BCUT2D eigenvalue weighted by atomic mass is 35.6. The average Bonchev–Trinajstić information content (AvgIpc) is 2.61. The predicted octanol–water partition coefficient (Wildman–Crippen LogP) is 8.75. The van der Waals surface area contributed by atoms with Gasteiger partial charge in [-0.15, -0.1) is 0 Å². The molecule has 0 aliphatic heterocycles. The summed E-state index contributed by atoms with van der Waals surface area (Å²) in [5.74, 6) is -0.617. The van der Waals surface area contributed by atoms with Gasteiger partial charge in [-0.1, -0.05) is 154 Å². The van der Waals surface area contributed by atoms with E-state index in [0.29, 0.717) is 6.42 Å². The van der Waals surface area contributed by atoms with Crippen molar-refractivity contribution in [2.45, 2.75) is 104 Å². The molecule has 0 N–H and O–H groups in total. The second-order valence-corrected chi connectivity index (χ2v) is 12.3. The molecule has 0 heterocycles. The van der Waals surface area contributed by atoms with Crippen molar-refractivity contribution < 1.29 is 14.3 Å². The molecule has 0 amide bonds. The fourth-order valence-corrected chi connectivity index (χ4v) is 3.23. The van der Waals surface area contributed by atoms with E-state index in [2.05, 4.69) is 6.92 Å². The van der Waals surface area contributed by atoms with Gasteiger partial charge >= 0.3 is 5.97 Å². The number of rotatable bonds is 17. The molecule has 0 bridgehead atoms. The van der Waals surface area contributed by atoms with Gasteiger partial charge in [0, 0.05) is 0 Å². The van der Waals surface area contributed by atoms with Crippen molar-refractivity contribution in [2.75, 3.05) is 13.2 Å². The van der Waals surface area contributed by atoms with Gasteiger partial charge in [0.15, 0.2) is 6.10 Å². The third kappa shape index (κ3) is 22.2. The second-order valence-electron chi connectivity index (χ2n) is 7.32. The van der Waals surface area contributed by atoms with Crippen LogP contribution in [0.25, 0.3) is 0 Å². The van der Waals surface area contributed by atoms with Gasteiger partial charge in [0.05, 0.1) is 6.61 Å². The maximum absolute atomic E-state index is 12.2. The molecular formula is C20H34Cl6O3. The van der Waals surface area contributed by atoms with Crippen LogP contribution in [0.1, 0.15) is 90.4 Å². The van der Waals surface area contributed by atoms with Gasteiger partial charge in [0.1, 0.15) is 6.61 Å². The Hall–Kier alpha value is 1.17. The van der Waals surface area contributed by atoms with Crippen LogP contribution in [0, 0.1) is 0 Å². The van der Waals surface area contributed by atoms with Crippen molar-refractivity contribution >= 4 is 75.6 Å². The van der Waals surface area contributed by atoms with Crippen molar-refractivity contribution in [1.82, 2.24) is 0 Å². The average molecular weight is 535 g/mol. The molecule has 0 spiro atoms. The Morgan fingerprint density at radius 2 is 1.10 bits per heavy atom. The Morgan fingerprint density at radius 3 is 1.52 bits per heavy atom. The Bertz CT molecular complexity index is 410. The predicted molar refractivity (Wildman–Crippen MR) is 127 cm³/mol. The third-order valence-corrected chi connectivity index (χ3v) is 5.06. The van der Waals surface area contributed by atoms with Crippen molar-refractivity contribution in [3.05, 3.63) is 0 Å². The summed E-state index contributed by atoms with van der Waals surface area (Å²) in [6.45, 7) is 1.66. The van der Waals surface area contributed by atoms with E-state index in [1.165, 1.54) is 57.8 Å². The number of alkyl halides is 6. The number of carbonyl (C=O) groups is 1. The minimum Gasteiger partial charge on any atom is -0.459 e. The second kappa shape index (κ2) is 17.7. The SMILES string of the molecule is CCCCCCCCCCCCCCC(OCC(Cl)(Cl)Cl)C(=O)OCC(Cl)(Cl)Cl. The molecule has 0 radical (unpaired) electrons. The fraction of sp³-hybridized carbons (Fsp3) is 0.950. The molecule has 1 unspecified atom stereocenters. The number of halogens is 6. The molecular weight excluding hydrogens is 501 g/mol. The first-order valence-electron chi connectivity index (χ1n) is 10.5. The van der Waals surface area contributed by atoms with Crippen LogP contribution < -0.4 is 0 Å². The monoisotopic (exact) mass is 532 g/mol. The van der Waals surface area contributed by atoms with Crippen molar-refractivity contribution in [3.63, 3.8) is 0 Å². The van der Waals surface area contributed by atoms with E-state index >= 15 is 0 Å². The van der Waals surface area contributed by atoms with Crippen LogP contribution in [0.15, 0.2) is 0 Å². The van der Waals surface area contributed by atoms with Crippen molar-refractivity contribution in [1.29, 1.82) is 0 Å². The van der Waals surface area contributed by atoms with Gasteiger partial charge in [0.25, 0.3) is 0 Å². The minimum atomic E-state index is -1.68. The van der Waals surface area contributed by atoms with E-state index < -0.39 is 19.7 Å². The number of hydrogen-bond acceptors (Lipinski definition) is 3. The molecule has 0 aliphatic rings. The van der Waals surface area contributed by atoms with Crippen LogP contribution in [0.3, 0.4) is 0 Å². The first-order valence-corrected chi connectivity index (χ1v) is 12.7. The van der Waals surface area contributed by atoms with Gasteiger partial charge in [-0.3, -0.25) is 0 Å². The van der Waals surface area contributed by atoms with Crippen LogP contribution in [0.5, 0.6) is 0 Å². The summed E-state index contributed by atoms with van der Waals surface area (Å²) in [5.41, 5.74) is 0. The summed E-state index contributed by atoms with van der Waals surface area (Å²) in [6.07, 6.45) is 14.3. The van der Waals surface area contributed by atoms with Gasteiger partial charge in [-0.2, -0.15) is 0 Å². The van der Waals surface area contributed by atoms with Crippen LogP contribution in [-0.4, -0.2) is 32.9 Å². The summed E-state index contributed by atoms with van der Waals surface area (Å²) < 4.78 is 7.15. The molecule has 0 saturated heterocycles. The molecule has 0 rings (SSSR count). The van der Waals surface area contributed by atoms with Gasteiger partial charge in [-0.25, -0.2) is 4.79 Å². The molecule has 29 heavy (non-hydrogen) atoms. The van der Waals surface area contributed by atoms with Gasteiger partial charge in [0.2, 0.25) is 7.59 Å². The lowest BCUT2D eigenvalue weighted by molar-refractivity contribution is -0.157. The molecule has 0 fully saturated rings. The fourth-order valence-electron chi connectivity index (χ4n) is 2.88. The Morgan fingerprint density at radius 1 is 0.690 bits per heavy atom. The molecule has 0 aliphatic carbocycles. The molecule has 174 valence electrons. The van der Waals surface area contributed by atoms with Gasteiger partial charge in [-0.05, 0) is 6.42 Å². The van der Waals surface area contributed by atoms with Crippen LogP contribution in [0.2, 0.25) is 0 Å². The summed E-state index contributed by atoms with van der Waals surface area (Å²) in [6, 6.07) is 0. The number of hydrogen-bond donors (Lipinski definition) is 0. The highest BCUT2D eigenvalue weighted by Gasteiger charge is 2.29. The third-order valence-electron chi connectivity index (χ3n) is 4.41. The van der Waals surface area contributed by atoms with E-state index in [1.54, 1.807) is 0 Å². The molecule has 9 heteroatoms. The maximum Gasteiger partial charge on any atom is 0.335 e. The zero-order valence-corrected chi connectivity index (χ0v) is 21.7. The van der Waals surface area contributed by atoms with Crippen LogP contribution in [0.4, 0.5) is 0 Å². The molecule has 3 nitrogen and oxygen atoms in total. The maximum atomic E-state index is 12.2. The molecule has 0 aromatic heterocycles. The van der Waals surface area contributed by atoms with Gasteiger partial charge < -0.3 is 9.47 Å². The van der Waals surface area contributed by atoms with Crippen LogP contribution in [-0.2, 0) is 14.3 Å². The number of esters is 1.